The van der Waals surface area contributed by atoms with E-state index in [1.165, 1.54) is 11.3 Å². The average molecular weight is 351 g/mol. The van der Waals surface area contributed by atoms with Gasteiger partial charge < -0.3 is 10.6 Å². The number of rotatable bonds is 5. The average Bonchev–Trinajstić information content (AvgIpc) is 3.07. The number of anilines is 1. The number of aryl methyl sites for hydroxylation is 1. The van der Waals surface area contributed by atoms with E-state index in [1.807, 2.05) is 36.6 Å². The van der Waals surface area contributed by atoms with Crippen LogP contribution in [0.3, 0.4) is 0 Å². The Labute approximate surface area is 149 Å². The molecule has 2 aromatic heterocycles. The van der Waals surface area contributed by atoms with Gasteiger partial charge in [-0.3, -0.25) is 14.6 Å². The van der Waals surface area contributed by atoms with Gasteiger partial charge in [-0.2, -0.15) is 0 Å². The molecule has 25 heavy (non-hydrogen) atoms. The summed E-state index contributed by atoms with van der Waals surface area (Å²) in [6, 6.07) is 14.3. The van der Waals surface area contributed by atoms with Crippen molar-refractivity contribution in [2.45, 2.75) is 13.5 Å². The zero-order chi connectivity index (χ0) is 17.6. The van der Waals surface area contributed by atoms with Crippen LogP contribution in [0.2, 0.25) is 0 Å². The molecule has 0 saturated carbocycles. The Balaban J connectivity index is 1.65. The van der Waals surface area contributed by atoms with E-state index >= 15 is 0 Å². The van der Waals surface area contributed by atoms with Crippen molar-refractivity contribution in [3.8, 4) is 0 Å². The lowest BCUT2D eigenvalue weighted by Crippen LogP contribution is -2.23. The van der Waals surface area contributed by atoms with E-state index in [1.54, 1.807) is 30.5 Å². The molecule has 5 nitrogen and oxygen atoms in total. The fourth-order valence-electron chi connectivity index (χ4n) is 2.31. The number of carbonyl (C=O) groups is 2. The summed E-state index contributed by atoms with van der Waals surface area (Å²) in [6.45, 7) is 2.25. The van der Waals surface area contributed by atoms with Crippen molar-refractivity contribution < 1.29 is 9.59 Å². The molecule has 126 valence electrons. The molecule has 0 bridgehead atoms. The number of nitrogens with zero attached hydrogens (tertiary/aromatic N) is 1. The number of hydrogen-bond acceptors (Lipinski definition) is 4. The Morgan fingerprint density at radius 1 is 1.08 bits per heavy atom. The smallest absolute Gasteiger partial charge is 0.265 e. The fourth-order valence-corrected chi connectivity index (χ4v) is 3.13. The summed E-state index contributed by atoms with van der Waals surface area (Å²) in [5.41, 5.74) is 2.79. The highest BCUT2D eigenvalue weighted by atomic mass is 32.1. The molecule has 0 aliphatic heterocycles. The minimum atomic E-state index is -0.214. The van der Waals surface area contributed by atoms with E-state index in [-0.39, 0.29) is 11.8 Å². The predicted octanol–water partition coefficient (Wildman–Crippen LogP) is 3.63. The van der Waals surface area contributed by atoms with E-state index in [4.69, 9.17) is 0 Å². The zero-order valence-corrected chi connectivity index (χ0v) is 14.5. The van der Waals surface area contributed by atoms with Gasteiger partial charge in [0.15, 0.2) is 0 Å². The van der Waals surface area contributed by atoms with Gasteiger partial charge in [-0.15, -0.1) is 11.3 Å². The number of aromatic nitrogens is 1. The van der Waals surface area contributed by atoms with Crippen LogP contribution in [0.25, 0.3) is 0 Å². The third kappa shape index (κ3) is 4.30. The molecule has 0 aliphatic rings. The summed E-state index contributed by atoms with van der Waals surface area (Å²) in [5.74, 6) is -0.382. The number of nitrogens with one attached hydrogen (secondary N) is 2. The molecule has 2 N–H and O–H groups in total. The standard InChI is InChI=1S/C19H17N3O2S/c1-13-8-10-25-17(13)19(24)22-15-7-4-5-14(11-15)18(23)21-12-16-6-2-3-9-20-16/h2-11H,12H2,1H3,(H,21,23)(H,22,24). The van der Waals surface area contributed by atoms with Gasteiger partial charge in [-0.05, 0) is 54.3 Å². The second-order valence-electron chi connectivity index (χ2n) is 5.47. The van der Waals surface area contributed by atoms with Crippen LogP contribution in [0, 0.1) is 6.92 Å². The molecule has 3 aromatic rings. The maximum atomic E-state index is 12.3. The van der Waals surface area contributed by atoms with Crippen LogP contribution in [0.5, 0.6) is 0 Å². The van der Waals surface area contributed by atoms with Gasteiger partial charge in [0.1, 0.15) is 0 Å². The lowest BCUT2D eigenvalue weighted by molar-refractivity contribution is 0.0949. The second kappa shape index (κ2) is 7.72. The topological polar surface area (TPSA) is 71.1 Å². The highest BCUT2D eigenvalue weighted by molar-refractivity contribution is 7.12. The number of hydrogen-bond donors (Lipinski definition) is 2. The summed E-state index contributed by atoms with van der Waals surface area (Å²) in [5, 5.41) is 7.53. The lowest BCUT2D eigenvalue weighted by Gasteiger charge is -2.08. The molecule has 0 saturated heterocycles. The monoisotopic (exact) mass is 351 g/mol. The molecule has 3 rings (SSSR count). The van der Waals surface area contributed by atoms with Crippen molar-refractivity contribution in [3.63, 3.8) is 0 Å². The third-order valence-corrected chi connectivity index (χ3v) is 4.62. The largest absolute Gasteiger partial charge is 0.346 e. The molecular weight excluding hydrogens is 334 g/mol. The first-order valence-electron chi connectivity index (χ1n) is 7.77. The highest BCUT2D eigenvalue weighted by Crippen LogP contribution is 2.18. The van der Waals surface area contributed by atoms with Crippen LogP contribution in [-0.4, -0.2) is 16.8 Å². The molecule has 0 unspecified atom stereocenters. The summed E-state index contributed by atoms with van der Waals surface area (Å²) < 4.78 is 0. The molecule has 2 amide bonds. The van der Waals surface area contributed by atoms with Crippen LogP contribution < -0.4 is 10.6 Å². The fraction of sp³-hybridized carbons (Fsp3) is 0.105. The van der Waals surface area contributed by atoms with Crippen molar-refractivity contribution in [3.05, 3.63) is 81.8 Å². The quantitative estimate of drug-likeness (QED) is 0.737. The lowest BCUT2D eigenvalue weighted by atomic mass is 10.2. The third-order valence-electron chi connectivity index (χ3n) is 3.61. The maximum Gasteiger partial charge on any atom is 0.265 e. The second-order valence-corrected chi connectivity index (χ2v) is 6.39. The van der Waals surface area contributed by atoms with E-state index in [0.717, 1.165) is 11.3 Å². The Morgan fingerprint density at radius 3 is 2.68 bits per heavy atom. The SMILES string of the molecule is Cc1ccsc1C(=O)Nc1cccc(C(=O)NCc2ccccn2)c1. The Morgan fingerprint density at radius 2 is 1.96 bits per heavy atom. The molecule has 6 heteroatoms. The number of benzene rings is 1. The van der Waals surface area contributed by atoms with Gasteiger partial charge in [0.05, 0.1) is 17.1 Å². The summed E-state index contributed by atoms with van der Waals surface area (Å²) in [7, 11) is 0. The van der Waals surface area contributed by atoms with Gasteiger partial charge in [0.25, 0.3) is 11.8 Å². The van der Waals surface area contributed by atoms with E-state index in [0.29, 0.717) is 22.7 Å². The van der Waals surface area contributed by atoms with Crippen LogP contribution in [0.1, 0.15) is 31.3 Å². The summed E-state index contributed by atoms with van der Waals surface area (Å²) in [4.78, 5) is 29.4. The van der Waals surface area contributed by atoms with Crippen molar-refractivity contribution >= 4 is 28.8 Å². The molecule has 0 atom stereocenters. The Kier molecular flexibility index (Phi) is 5.20. The minimum absolute atomic E-state index is 0.168. The molecular formula is C19H17N3O2S. The first-order chi connectivity index (χ1) is 12.1. The Hall–Kier alpha value is -2.99. The maximum absolute atomic E-state index is 12.3. The zero-order valence-electron chi connectivity index (χ0n) is 13.7. The number of thiophene rings is 1. The van der Waals surface area contributed by atoms with Crippen LogP contribution >= 0.6 is 11.3 Å². The van der Waals surface area contributed by atoms with Crippen molar-refractivity contribution in [2.75, 3.05) is 5.32 Å². The van der Waals surface area contributed by atoms with Gasteiger partial charge in [-0.25, -0.2) is 0 Å². The van der Waals surface area contributed by atoms with Gasteiger partial charge in [0, 0.05) is 17.4 Å². The molecule has 0 aliphatic carbocycles. The van der Waals surface area contributed by atoms with Crippen LogP contribution in [-0.2, 0) is 6.54 Å². The van der Waals surface area contributed by atoms with E-state index < -0.39 is 0 Å². The number of amides is 2. The van der Waals surface area contributed by atoms with Crippen LogP contribution in [0.15, 0.2) is 60.1 Å². The molecule has 2 heterocycles. The van der Waals surface area contributed by atoms with Crippen molar-refractivity contribution in [2.24, 2.45) is 0 Å². The van der Waals surface area contributed by atoms with Gasteiger partial charge in [0.2, 0.25) is 0 Å². The van der Waals surface area contributed by atoms with Crippen molar-refractivity contribution in [1.29, 1.82) is 0 Å². The number of carbonyl (C=O) groups excluding carboxylic acids is 2. The van der Waals surface area contributed by atoms with E-state index in [9.17, 15) is 9.59 Å². The van der Waals surface area contributed by atoms with Gasteiger partial charge >= 0.3 is 0 Å². The normalized spacial score (nSPS) is 10.3. The molecule has 0 radical (unpaired) electrons. The van der Waals surface area contributed by atoms with Gasteiger partial charge in [-0.1, -0.05) is 12.1 Å². The minimum Gasteiger partial charge on any atom is -0.346 e. The highest BCUT2D eigenvalue weighted by Gasteiger charge is 2.12. The molecule has 1 aromatic carbocycles. The first-order valence-corrected chi connectivity index (χ1v) is 8.65. The van der Waals surface area contributed by atoms with Crippen LogP contribution in [0.4, 0.5) is 5.69 Å². The molecule has 0 fully saturated rings. The molecule has 0 spiro atoms. The summed E-state index contributed by atoms with van der Waals surface area (Å²) in [6.07, 6.45) is 1.68. The first kappa shape index (κ1) is 16.9. The predicted molar refractivity (Wildman–Crippen MR) is 98.9 cm³/mol. The number of pyridine rings is 1. The summed E-state index contributed by atoms with van der Waals surface area (Å²) >= 11 is 1.39. The van der Waals surface area contributed by atoms with Crippen molar-refractivity contribution in [1.82, 2.24) is 10.3 Å². The van der Waals surface area contributed by atoms with E-state index in [2.05, 4.69) is 15.6 Å². The Bertz CT molecular complexity index is 890.